The van der Waals surface area contributed by atoms with Gasteiger partial charge >= 0.3 is 17.9 Å². The normalized spacial score (nSPS) is 14.1. The predicted octanol–water partition coefficient (Wildman–Crippen LogP) is -0.0377. The largest absolute Gasteiger partial charge is 0.481 e. The van der Waals surface area contributed by atoms with Crippen LogP contribution < -0.4 is 21.7 Å². The highest BCUT2D eigenvalue weighted by atomic mass is 16.4. The van der Waals surface area contributed by atoms with Gasteiger partial charge in [0, 0.05) is 29.9 Å². The number of hydrogen-bond acceptors (Lipinski definition) is 7. The summed E-state index contributed by atoms with van der Waals surface area (Å²) in [6.45, 7) is 3.57. The van der Waals surface area contributed by atoms with Crippen molar-refractivity contribution in [3.05, 3.63) is 36.0 Å². The van der Waals surface area contributed by atoms with Gasteiger partial charge in [-0.3, -0.25) is 24.0 Å². The van der Waals surface area contributed by atoms with Gasteiger partial charge in [-0.15, -0.1) is 0 Å². The number of benzene rings is 1. The molecule has 0 aliphatic heterocycles. The number of amides is 3. The van der Waals surface area contributed by atoms with E-state index >= 15 is 0 Å². The van der Waals surface area contributed by atoms with Gasteiger partial charge in [-0.2, -0.15) is 0 Å². The van der Waals surface area contributed by atoms with Gasteiger partial charge in [0.15, 0.2) is 0 Å². The molecule has 0 radical (unpaired) electrons. The second kappa shape index (κ2) is 14.6. The molecule has 0 aliphatic carbocycles. The Morgan fingerprint density at radius 2 is 1.45 bits per heavy atom. The van der Waals surface area contributed by atoms with Crippen LogP contribution in [-0.4, -0.2) is 80.1 Å². The van der Waals surface area contributed by atoms with Gasteiger partial charge < -0.3 is 42.0 Å². The molecule has 218 valence electrons. The molecule has 1 heterocycles. The fourth-order valence-corrected chi connectivity index (χ4v) is 4.04. The van der Waals surface area contributed by atoms with Crippen LogP contribution in [0.3, 0.4) is 0 Å². The Labute approximate surface area is 229 Å². The number of aromatic nitrogens is 1. The molecule has 0 saturated heterocycles. The van der Waals surface area contributed by atoms with Crippen molar-refractivity contribution in [3.63, 3.8) is 0 Å². The van der Waals surface area contributed by atoms with Gasteiger partial charge in [0.05, 0.1) is 12.5 Å². The third kappa shape index (κ3) is 9.69. The van der Waals surface area contributed by atoms with Gasteiger partial charge in [0.25, 0.3) is 0 Å². The number of H-pyrrole nitrogens is 1. The molecule has 4 unspecified atom stereocenters. The fraction of sp³-hybridized carbons (Fsp3) is 0.462. The Kier molecular flexibility index (Phi) is 11.6. The summed E-state index contributed by atoms with van der Waals surface area (Å²) in [5.41, 5.74) is 7.07. The Morgan fingerprint density at radius 1 is 0.850 bits per heavy atom. The zero-order valence-corrected chi connectivity index (χ0v) is 22.2. The molecule has 3 amide bonds. The first kappa shape index (κ1) is 31.8. The van der Waals surface area contributed by atoms with Crippen LogP contribution >= 0.6 is 0 Å². The summed E-state index contributed by atoms with van der Waals surface area (Å²) >= 11 is 0. The zero-order valence-electron chi connectivity index (χ0n) is 22.2. The number of aromatic amines is 1. The van der Waals surface area contributed by atoms with E-state index in [0.717, 1.165) is 10.9 Å². The molecule has 4 atom stereocenters. The van der Waals surface area contributed by atoms with E-state index in [1.165, 1.54) is 0 Å². The van der Waals surface area contributed by atoms with Gasteiger partial charge in [-0.25, -0.2) is 4.79 Å². The lowest BCUT2D eigenvalue weighted by Gasteiger charge is -2.25. The highest BCUT2D eigenvalue weighted by molar-refractivity contribution is 5.96. The number of para-hydroxylation sites is 1. The molecule has 9 N–H and O–H groups in total. The maximum atomic E-state index is 13.3. The smallest absolute Gasteiger partial charge is 0.326 e. The third-order valence-corrected chi connectivity index (χ3v) is 6.07. The second-order valence-electron chi connectivity index (χ2n) is 9.85. The van der Waals surface area contributed by atoms with Crippen LogP contribution in [-0.2, 0) is 35.2 Å². The van der Waals surface area contributed by atoms with E-state index in [-0.39, 0.29) is 25.2 Å². The number of carboxylic acid groups (broad SMARTS) is 3. The van der Waals surface area contributed by atoms with Crippen molar-refractivity contribution in [2.75, 3.05) is 0 Å². The topological polar surface area (TPSA) is 241 Å². The molecule has 1 aromatic heterocycles. The monoisotopic (exact) mass is 561 g/mol. The minimum absolute atomic E-state index is 0.0662. The number of rotatable bonds is 16. The van der Waals surface area contributed by atoms with E-state index in [1.807, 2.05) is 6.07 Å². The van der Waals surface area contributed by atoms with E-state index < -0.39 is 72.6 Å². The van der Waals surface area contributed by atoms with Crippen LogP contribution in [0.4, 0.5) is 0 Å². The van der Waals surface area contributed by atoms with Crippen molar-refractivity contribution in [3.8, 4) is 0 Å². The number of nitrogens with two attached hydrogens (primary N) is 1. The van der Waals surface area contributed by atoms with E-state index in [1.54, 1.807) is 38.2 Å². The summed E-state index contributed by atoms with van der Waals surface area (Å²) in [6.07, 6.45) is 0.162. The molecule has 2 rings (SSSR count). The first-order valence-corrected chi connectivity index (χ1v) is 12.7. The summed E-state index contributed by atoms with van der Waals surface area (Å²) in [4.78, 5) is 75.9. The Hall–Kier alpha value is -4.46. The highest BCUT2D eigenvalue weighted by Gasteiger charge is 2.32. The van der Waals surface area contributed by atoms with Crippen LogP contribution in [0.1, 0.15) is 45.1 Å². The first-order valence-electron chi connectivity index (χ1n) is 12.7. The SMILES string of the molecule is CC(C)CC(NC(=O)C(Cc1c[nH]c2ccccc12)NC(=O)C(CC(=O)O)NC(=O)C(N)CCC(=O)O)C(=O)O. The molecule has 14 heteroatoms. The van der Waals surface area contributed by atoms with Crippen molar-refractivity contribution < 1.29 is 44.1 Å². The number of fused-ring (bicyclic) bond motifs is 1. The molecular formula is C26H35N5O9. The van der Waals surface area contributed by atoms with Crippen molar-refractivity contribution in [1.29, 1.82) is 0 Å². The van der Waals surface area contributed by atoms with E-state index in [0.29, 0.717) is 5.56 Å². The van der Waals surface area contributed by atoms with Crippen LogP contribution in [0.5, 0.6) is 0 Å². The Balaban J connectivity index is 2.31. The molecule has 0 bridgehead atoms. The summed E-state index contributed by atoms with van der Waals surface area (Å²) < 4.78 is 0. The molecule has 2 aromatic rings. The maximum Gasteiger partial charge on any atom is 0.326 e. The molecule has 0 saturated carbocycles. The minimum atomic E-state index is -1.65. The van der Waals surface area contributed by atoms with Gasteiger partial charge in [-0.1, -0.05) is 32.0 Å². The molecule has 0 fully saturated rings. The van der Waals surface area contributed by atoms with Crippen molar-refractivity contribution in [2.24, 2.45) is 11.7 Å². The first-order chi connectivity index (χ1) is 18.8. The van der Waals surface area contributed by atoms with Crippen LogP contribution in [0.2, 0.25) is 0 Å². The average Bonchev–Trinajstić information content (AvgIpc) is 3.28. The van der Waals surface area contributed by atoms with Crippen LogP contribution in [0.25, 0.3) is 10.9 Å². The maximum absolute atomic E-state index is 13.3. The summed E-state index contributed by atoms with van der Waals surface area (Å²) in [5, 5.41) is 35.5. The Morgan fingerprint density at radius 3 is 2.05 bits per heavy atom. The molecule has 1 aromatic carbocycles. The molecule has 14 nitrogen and oxygen atoms in total. The standard InChI is InChI=1S/C26H35N5O9/c1-13(2)9-20(26(39)40)31-24(37)18(10-14-12-28-17-6-4-3-5-15(14)17)30-25(38)19(11-22(34)35)29-23(36)16(27)7-8-21(32)33/h3-6,12-13,16,18-20,28H,7-11,27H2,1-2H3,(H,29,36)(H,30,38)(H,31,37)(H,32,33)(H,34,35)(H,39,40). The minimum Gasteiger partial charge on any atom is -0.481 e. The third-order valence-electron chi connectivity index (χ3n) is 6.07. The van der Waals surface area contributed by atoms with Crippen molar-refractivity contribution >= 4 is 46.5 Å². The van der Waals surface area contributed by atoms with Crippen LogP contribution in [0.15, 0.2) is 30.5 Å². The van der Waals surface area contributed by atoms with Gasteiger partial charge in [-0.05, 0) is 30.4 Å². The molecule has 0 aliphatic rings. The number of hydrogen-bond donors (Lipinski definition) is 8. The summed E-state index contributed by atoms with van der Waals surface area (Å²) in [6, 6.07) is 1.64. The highest BCUT2D eigenvalue weighted by Crippen LogP contribution is 2.19. The summed E-state index contributed by atoms with van der Waals surface area (Å²) in [5.74, 6) is -6.72. The van der Waals surface area contributed by atoms with E-state index in [9.17, 15) is 39.0 Å². The fourth-order valence-electron chi connectivity index (χ4n) is 4.04. The zero-order chi connectivity index (χ0) is 30.0. The van der Waals surface area contributed by atoms with Crippen molar-refractivity contribution in [1.82, 2.24) is 20.9 Å². The number of nitrogens with one attached hydrogen (secondary N) is 4. The molecular weight excluding hydrogens is 526 g/mol. The van der Waals surface area contributed by atoms with E-state index in [4.69, 9.17) is 10.8 Å². The second-order valence-corrected chi connectivity index (χ2v) is 9.85. The lowest BCUT2D eigenvalue weighted by Crippen LogP contribution is -2.58. The molecule has 0 spiro atoms. The number of carbonyl (C=O) groups is 6. The quantitative estimate of drug-likeness (QED) is 0.136. The van der Waals surface area contributed by atoms with Crippen molar-refractivity contribution in [2.45, 2.75) is 70.1 Å². The summed E-state index contributed by atoms with van der Waals surface area (Å²) in [7, 11) is 0. The lowest BCUT2D eigenvalue weighted by atomic mass is 10.0. The van der Waals surface area contributed by atoms with E-state index in [2.05, 4.69) is 20.9 Å². The van der Waals surface area contributed by atoms with Gasteiger partial charge in [0.1, 0.15) is 18.1 Å². The average molecular weight is 562 g/mol. The molecule has 40 heavy (non-hydrogen) atoms. The number of carboxylic acids is 3. The Bertz CT molecular complexity index is 1240. The van der Waals surface area contributed by atoms with Gasteiger partial charge in [0.2, 0.25) is 17.7 Å². The number of carbonyl (C=O) groups excluding carboxylic acids is 3. The number of aliphatic carboxylic acids is 3. The predicted molar refractivity (Wildman–Crippen MR) is 142 cm³/mol. The lowest BCUT2D eigenvalue weighted by molar-refractivity contribution is -0.143. The van der Waals surface area contributed by atoms with Crippen LogP contribution in [0, 0.1) is 5.92 Å².